The first-order chi connectivity index (χ1) is 2.91. The summed E-state index contributed by atoms with van der Waals surface area (Å²) in [5.41, 5.74) is 5.12. The van der Waals surface area contributed by atoms with Crippen molar-refractivity contribution in [3.05, 3.63) is 0 Å². The molecule has 0 heterocycles. The molecule has 0 amide bonds. The van der Waals surface area contributed by atoms with Crippen LogP contribution < -0.4 is 11.0 Å². The van der Waals surface area contributed by atoms with Crippen LogP contribution in [0.15, 0.2) is 0 Å². The molecule has 0 saturated carbocycles. The van der Waals surface area contributed by atoms with Gasteiger partial charge in [0.2, 0.25) is 0 Å². The molecule has 0 saturated heterocycles. The highest BCUT2D eigenvalue weighted by Gasteiger charge is 1.67. The molecule has 1 unspecified atom stereocenters. The normalized spacial score (nSPS) is 9.00. The minimum Gasteiger partial charge on any atom is -0.272 e. The Bertz CT molecular complexity index is 23.5. The number of hydrogen-bond acceptors (Lipinski definition) is 3. The molecule has 0 aromatic heterocycles. The van der Waals surface area contributed by atoms with Gasteiger partial charge < -0.3 is 0 Å². The van der Waals surface area contributed by atoms with Crippen molar-refractivity contribution in [2.75, 3.05) is 6.54 Å². The summed E-state index contributed by atoms with van der Waals surface area (Å²) in [5.74, 6) is 0. The van der Waals surface area contributed by atoms with Crippen molar-refractivity contribution in [3.8, 4) is 0 Å². The average Bonchev–Trinajstić information content (AvgIpc) is 1.61. The van der Waals surface area contributed by atoms with Gasteiger partial charge in [-0.05, 0) is 0 Å². The van der Waals surface area contributed by atoms with Crippen molar-refractivity contribution in [2.45, 2.75) is 6.92 Å². The molecular formula is C2H9N2OP. The van der Waals surface area contributed by atoms with E-state index in [1.54, 1.807) is 0 Å². The zero-order valence-corrected chi connectivity index (χ0v) is 4.85. The zero-order chi connectivity index (χ0) is 4.83. The summed E-state index contributed by atoms with van der Waals surface area (Å²) in [6.45, 7) is 2.82. The van der Waals surface area contributed by atoms with Gasteiger partial charge in [-0.1, -0.05) is 6.92 Å². The number of nitrogens with one attached hydrogen (secondary N) is 2. The van der Waals surface area contributed by atoms with Crippen LogP contribution in [-0.2, 0) is 4.62 Å². The predicted octanol–water partition coefficient (Wildman–Crippen LogP) is -0.178. The Morgan fingerprint density at radius 1 is 1.83 bits per heavy atom. The van der Waals surface area contributed by atoms with Crippen LogP contribution in [0.2, 0.25) is 0 Å². The monoisotopic (exact) mass is 108 g/mol. The number of hydrogen-bond donors (Lipinski definition) is 2. The molecular weight excluding hydrogens is 99.0 g/mol. The Hall–Kier alpha value is 0.310. The summed E-state index contributed by atoms with van der Waals surface area (Å²) >= 11 is 0. The van der Waals surface area contributed by atoms with Gasteiger partial charge in [0.25, 0.3) is 0 Å². The maximum atomic E-state index is 4.34. The third kappa shape index (κ3) is 4.31. The summed E-state index contributed by atoms with van der Waals surface area (Å²) in [5, 5.41) is 0. The van der Waals surface area contributed by atoms with Crippen LogP contribution in [0.5, 0.6) is 0 Å². The van der Waals surface area contributed by atoms with E-state index in [9.17, 15) is 0 Å². The summed E-state index contributed by atoms with van der Waals surface area (Å²) < 4.78 is 4.34. The molecule has 0 aliphatic heterocycles. The first kappa shape index (κ1) is 6.31. The Morgan fingerprint density at radius 3 is 2.67 bits per heavy atom. The summed E-state index contributed by atoms with van der Waals surface area (Å²) in [6.07, 6.45) is 0. The van der Waals surface area contributed by atoms with E-state index >= 15 is 0 Å². The molecule has 0 aliphatic rings. The predicted molar refractivity (Wildman–Crippen MR) is 27.6 cm³/mol. The zero-order valence-electron chi connectivity index (χ0n) is 3.69. The molecule has 0 radical (unpaired) electrons. The second-order valence-corrected chi connectivity index (χ2v) is 0.986. The fourth-order valence-electron chi connectivity index (χ4n) is 0.114. The van der Waals surface area contributed by atoms with Crippen LogP contribution >= 0.6 is 9.47 Å². The highest BCUT2D eigenvalue weighted by molar-refractivity contribution is 7.09. The van der Waals surface area contributed by atoms with Crippen LogP contribution in [0.4, 0.5) is 0 Å². The van der Waals surface area contributed by atoms with Crippen molar-refractivity contribution < 1.29 is 4.62 Å². The second kappa shape index (κ2) is 5.31. The van der Waals surface area contributed by atoms with E-state index < -0.39 is 0 Å². The minimum atomic E-state index is 0.856. The van der Waals surface area contributed by atoms with Crippen molar-refractivity contribution in [1.29, 1.82) is 0 Å². The fourth-order valence-corrected chi connectivity index (χ4v) is 0.197. The van der Waals surface area contributed by atoms with E-state index in [1.807, 2.05) is 6.92 Å². The third-order valence-electron chi connectivity index (χ3n) is 0.308. The van der Waals surface area contributed by atoms with Gasteiger partial charge in [-0.3, -0.25) is 4.62 Å². The molecule has 1 atom stereocenters. The van der Waals surface area contributed by atoms with E-state index in [4.69, 9.17) is 0 Å². The molecule has 0 bridgehead atoms. The van der Waals surface area contributed by atoms with Crippen LogP contribution in [-0.4, -0.2) is 6.54 Å². The molecule has 0 fully saturated rings. The van der Waals surface area contributed by atoms with E-state index in [1.165, 1.54) is 0 Å². The lowest BCUT2D eigenvalue weighted by molar-refractivity contribution is 0.185. The molecule has 4 heteroatoms. The highest BCUT2D eigenvalue weighted by atomic mass is 31.0. The maximum absolute atomic E-state index is 4.34. The third-order valence-corrected chi connectivity index (χ3v) is 0.426. The molecule has 38 valence electrons. The van der Waals surface area contributed by atoms with Crippen molar-refractivity contribution in [1.82, 2.24) is 11.0 Å². The van der Waals surface area contributed by atoms with E-state index in [-0.39, 0.29) is 0 Å². The topological polar surface area (TPSA) is 33.3 Å². The van der Waals surface area contributed by atoms with Crippen LogP contribution in [0.25, 0.3) is 0 Å². The second-order valence-electron chi connectivity index (χ2n) is 0.750. The van der Waals surface area contributed by atoms with Crippen LogP contribution in [0, 0.1) is 0 Å². The van der Waals surface area contributed by atoms with Crippen LogP contribution in [0.3, 0.4) is 0 Å². The first-order valence-corrected chi connectivity index (χ1v) is 2.22. The van der Waals surface area contributed by atoms with E-state index in [2.05, 4.69) is 25.1 Å². The van der Waals surface area contributed by atoms with E-state index in [0.29, 0.717) is 0 Å². The Kier molecular flexibility index (Phi) is 5.58. The average molecular weight is 108 g/mol. The molecule has 0 rings (SSSR count). The molecule has 0 aromatic rings. The molecule has 3 nitrogen and oxygen atoms in total. The van der Waals surface area contributed by atoms with Gasteiger partial charge in [-0.15, -0.1) is 5.59 Å². The summed E-state index contributed by atoms with van der Waals surface area (Å²) in [6, 6.07) is 0. The molecule has 6 heavy (non-hydrogen) atoms. The smallest absolute Gasteiger partial charge is 0.0275 e. The largest absolute Gasteiger partial charge is 0.272 e. The lowest BCUT2D eigenvalue weighted by atomic mass is 10.8. The van der Waals surface area contributed by atoms with Crippen LogP contribution in [0.1, 0.15) is 6.92 Å². The molecule has 2 N–H and O–H groups in total. The van der Waals surface area contributed by atoms with Gasteiger partial charge >= 0.3 is 0 Å². The van der Waals surface area contributed by atoms with Crippen molar-refractivity contribution in [2.24, 2.45) is 0 Å². The lowest BCUT2D eigenvalue weighted by Gasteiger charge is -1.95. The van der Waals surface area contributed by atoms with Gasteiger partial charge in [-0.2, -0.15) is 0 Å². The lowest BCUT2D eigenvalue weighted by Crippen LogP contribution is -2.28. The van der Waals surface area contributed by atoms with Gasteiger partial charge in [0.05, 0.1) is 0 Å². The SMILES string of the molecule is CCNNOP. The number of hydrazine groups is 1. The maximum Gasteiger partial charge on any atom is 0.0275 e. The Morgan fingerprint density at radius 2 is 2.50 bits per heavy atom. The summed E-state index contributed by atoms with van der Waals surface area (Å²) in [7, 11) is 2.06. The van der Waals surface area contributed by atoms with Gasteiger partial charge in [-0.25, -0.2) is 5.43 Å². The Balaban J connectivity index is 2.34. The minimum absolute atomic E-state index is 0.856. The molecule has 0 aromatic carbocycles. The van der Waals surface area contributed by atoms with Crippen molar-refractivity contribution >= 4 is 9.47 Å². The quantitative estimate of drug-likeness (QED) is 0.299. The summed E-state index contributed by atoms with van der Waals surface area (Å²) in [4.78, 5) is 0. The number of rotatable bonds is 3. The van der Waals surface area contributed by atoms with Gasteiger partial charge in [0, 0.05) is 16.0 Å². The highest BCUT2D eigenvalue weighted by Crippen LogP contribution is 1.70. The van der Waals surface area contributed by atoms with Gasteiger partial charge in [0.15, 0.2) is 0 Å². The van der Waals surface area contributed by atoms with E-state index in [0.717, 1.165) is 6.54 Å². The van der Waals surface area contributed by atoms with Gasteiger partial charge in [0.1, 0.15) is 0 Å². The molecule has 0 aliphatic carbocycles. The van der Waals surface area contributed by atoms with Crippen molar-refractivity contribution in [3.63, 3.8) is 0 Å². The fraction of sp³-hybridized carbons (Fsp3) is 1.00. The standard InChI is InChI=1S/C2H9N2OP/c1-2-3-4-5-6/h3-4H,2,6H2,1H3. The molecule has 0 spiro atoms. The first-order valence-electron chi connectivity index (χ1n) is 1.75. The Labute approximate surface area is 39.7 Å².